The van der Waals surface area contributed by atoms with Gasteiger partial charge in [-0.1, -0.05) is 6.07 Å². The minimum Gasteiger partial charge on any atom is -0.377 e. The Morgan fingerprint density at radius 1 is 1.27 bits per heavy atom. The first kappa shape index (κ1) is 11.9. The molecule has 1 N–H and O–H groups in total. The molecular weight excluding hydrogens is 197 g/mol. The SMILES string of the molecule is COC(OC)C(C)Nc1cccc(F)c1. The van der Waals surface area contributed by atoms with Crippen LogP contribution in [0.2, 0.25) is 0 Å². The average molecular weight is 213 g/mol. The first-order valence-corrected chi connectivity index (χ1v) is 4.75. The Morgan fingerprint density at radius 2 is 1.93 bits per heavy atom. The van der Waals surface area contributed by atoms with Gasteiger partial charge in [0.25, 0.3) is 0 Å². The highest BCUT2D eigenvalue weighted by Gasteiger charge is 2.15. The number of rotatable bonds is 5. The van der Waals surface area contributed by atoms with Crippen LogP contribution < -0.4 is 5.32 Å². The van der Waals surface area contributed by atoms with Gasteiger partial charge in [0.05, 0.1) is 6.04 Å². The van der Waals surface area contributed by atoms with Crippen LogP contribution in [-0.2, 0) is 9.47 Å². The van der Waals surface area contributed by atoms with Gasteiger partial charge in [-0.2, -0.15) is 0 Å². The number of nitrogens with one attached hydrogen (secondary N) is 1. The van der Waals surface area contributed by atoms with Gasteiger partial charge >= 0.3 is 0 Å². The lowest BCUT2D eigenvalue weighted by Crippen LogP contribution is -2.33. The van der Waals surface area contributed by atoms with Crippen LogP contribution in [0.3, 0.4) is 0 Å². The van der Waals surface area contributed by atoms with E-state index in [4.69, 9.17) is 9.47 Å². The smallest absolute Gasteiger partial charge is 0.176 e. The Morgan fingerprint density at radius 3 is 2.47 bits per heavy atom. The standard InChI is InChI=1S/C11H16FNO2/c1-8(11(14-2)15-3)13-10-6-4-5-9(12)7-10/h4-8,11,13H,1-3H3. The summed E-state index contributed by atoms with van der Waals surface area (Å²) in [5.74, 6) is -0.265. The predicted octanol–water partition coefficient (Wildman–Crippen LogP) is 2.25. The van der Waals surface area contributed by atoms with E-state index < -0.39 is 0 Å². The molecule has 1 unspecified atom stereocenters. The van der Waals surface area contributed by atoms with Crippen molar-refractivity contribution in [2.24, 2.45) is 0 Å². The summed E-state index contributed by atoms with van der Waals surface area (Å²) in [5.41, 5.74) is 0.710. The van der Waals surface area contributed by atoms with Gasteiger partial charge in [0.2, 0.25) is 0 Å². The molecule has 0 aliphatic heterocycles. The van der Waals surface area contributed by atoms with E-state index in [-0.39, 0.29) is 18.1 Å². The van der Waals surface area contributed by atoms with Gasteiger partial charge in [0.15, 0.2) is 6.29 Å². The zero-order valence-electron chi connectivity index (χ0n) is 9.16. The number of hydrogen-bond acceptors (Lipinski definition) is 3. The molecule has 0 spiro atoms. The number of benzene rings is 1. The minimum atomic E-state index is -0.353. The number of methoxy groups -OCH3 is 2. The molecule has 0 heterocycles. The molecule has 0 amide bonds. The number of hydrogen-bond donors (Lipinski definition) is 1. The van der Waals surface area contributed by atoms with Gasteiger partial charge in [-0.05, 0) is 25.1 Å². The van der Waals surface area contributed by atoms with Crippen molar-refractivity contribution in [1.29, 1.82) is 0 Å². The molecule has 0 aliphatic rings. The summed E-state index contributed by atoms with van der Waals surface area (Å²) < 4.78 is 23.1. The van der Waals surface area contributed by atoms with Crippen LogP contribution in [0.4, 0.5) is 10.1 Å². The molecule has 1 aromatic carbocycles. The van der Waals surface area contributed by atoms with Crippen LogP contribution in [0, 0.1) is 5.82 Å². The molecule has 4 heteroatoms. The second kappa shape index (κ2) is 5.68. The van der Waals surface area contributed by atoms with Crippen molar-refractivity contribution >= 4 is 5.69 Å². The normalized spacial score (nSPS) is 12.9. The minimum absolute atomic E-state index is 0.0539. The molecular formula is C11H16FNO2. The van der Waals surface area contributed by atoms with E-state index >= 15 is 0 Å². The number of ether oxygens (including phenoxy) is 2. The first-order chi connectivity index (χ1) is 7.17. The molecule has 0 fully saturated rings. The number of anilines is 1. The summed E-state index contributed by atoms with van der Waals surface area (Å²) in [6, 6.07) is 6.22. The predicted molar refractivity (Wildman–Crippen MR) is 57.3 cm³/mol. The van der Waals surface area contributed by atoms with Gasteiger partial charge < -0.3 is 14.8 Å². The summed E-state index contributed by atoms with van der Waals surface area (Å²) in [5, 5.41) is 3.09. The molecule has 1 atom stereocenters. The molecule has 1 aromatic rings. The summed E-state index contributed by atoms with van der Waals surface area (Å²) in [4.78, 5) is 0. The third kappa shape index (κ3) is 3.49. The van der Waals surface area contributed by atoms with Crippen molar-refractivity contribution in [2.75, 3.05) is 19.5 Å². The third-order valence-corrected chi connectivity index (χ3v) is 2.09. The quantitative estimate of drug-likeness (QED) is 0.761. The molecule has 84 valence electrons. The van der Waals surface area contributed by atoms with Crippen LogP contribution in [-0.4, -0.2) is 26.6 Å². The molecule has 3 nitrogen and oxygen atoms in total. The van der Waals surface area contributed by atoms with E-state index in [0.717, 1.165) is 0 Å². The molecule has 15 heavy (non-hydrogen) atoms. The Hall–Kier alpha value is -1.13. The van der Waals surface area contributed by atoms with E-state index in [1.54, 1.807) is 26.4 Å². The second-order valence-electron chi connectivity index (χ2n) is 3.28. The van der Waals surface area contributed by atoms with E-state index in [0.29, 0.717) is 5.69 Å². The highest BCUT2D eigenvalue weighted by molar-refractivity contribution is 5.43. The highest BCUT2D eigenvalue weighted by Crippen LogP contribution is 2.12. The molecule has 0 aliphatic carbocycles. The summed E-state index contributed by atoms with van der Waals surface area (Å²) in [6.07, 6.45) is -0.353. The highest BCUT2D eigenvalue weighted by atomic mass is 19.1. The van der Waals surface area contributed by atoms with Crippen LogP contribution in [0.25, 0.3) is 0 Å². The lowest BCUT2D eigenvalue weighted by Gasteiger charge is -2.23. The molecule has 0 aromatic heterocycles. The van der Waals surface area contributed by atoms with Crippen molar-refractivity contribution in [1.82, 2.24) is 0 Å². The lowest BCUT2D eigenvalue weighted by molar-refractivity contribution is -0.109. The third-order valence-electron chi connectivity index (χ3n) is 2.09. The zero-order chi connectivity index (χ0) is 11.3. The van der Waals surface area contributed by atoms with Gasteiger partial charge in [-0.25, -0.2) is 4.39 Å². The van der Waals surface area contributed by atoms with Crippen LogP contribution >= 0.6 is 0 Å². The summed E-state index contributed by atoms with van der Waals surface area (Å²) in [6.45, 7) is 1.91. The van der Waals surface area contributed by atoms with Crippen LogP contribution in [0.5, 0.6) is 0 Å². The second-order valence-corrected chi connectivity index (χ2v) is 3.28. The average Bonchev–Trinajstić information content (AvgIpc) is 2.19. The van der Waals surface area contributed by atoms with Gasteiger partial charge in [0, 0.05) is 19.9 Å². The molecule has 0 saturated carbocycles. The van der Waals surface area contributed by atoms with Crippen molar-refractivity contribution in [2.45, 2.75) is 19.3 Å². The van der Waals surface area contributed by atoms with Crippen molar-refractivity contribution in [3.63, 3.8) is 0 Å². The molecule has 0 saturated heterocycles. The Balaban J connectivity index is 2.61. The fourth-order valence-electron chi connectivity index (χ4n) is 1.41. The van der Waals surface area contributed by atoms with Gasteiger partial charge in [-0.15, -0.1) is 0 Å². The van der Waals surface area contributed by atoms with E-state index in [2.05, 4.69) is 5.32 Å². The van der Waals surface area contributed by atoms with Gasteiger partial charge in [-0.3, -0.25) is 0 Å². The van der Waals surface area contributed by atoms with Crippen LogP contribution in [0.1, 0.15) is 6.92 Å². The maximum Gasteiger partial charge on any atom is 0.176 e. The van der Waals surface area contributed by atoms with Crippen LogP contribution in [0.15, 0.2) is 24.3 Å². The van der Waals surface area contributed by atoms with Crippen molar-refractivity contribution in [3.8, 4) is 0 Å². The lowest BCUT2D eigenvalue weighted by atomic mass is 10.2. The van der Waals surface area contributed by atoms with Gasteiger partial charge in [0.1, 0.15) is 5.82 Å². The fourth-order valence-corrected chi connectivity index (χ4v) is 1.41. The largest absolute Gasteiger partial charge is 0.377 e. The van der Waals surface area contributed by atoms with Crippen molar-refractivity contribution in [3.05, 3.63) is 30.1 Å². The number of halogens is 1. The Bertz CT molecular complexity index is 302. The monoisotopic (exact) mass is 213 g/mol. The van der Waals surface area contributed by atoms with Crippen molar-refractivity contribution < 1.29 is 13.9 Å². The Kier molecular flexibility index (Phi) is 4.52. The topological polar surface area (TPSA) is 30.5 Å². The fraction of sp³-hybridized carbons (Fsp3) is 0.455. The Labute approximate surface area is 89.2 Å². The maximum atomic E-state index is 12.9. The zero-order valence-corrected chi connectivity index (χ0v) is 9.16. The molecule has 0 bridgehead atoms. The van der Waals surface area contributed by atoms with E-state index in [1.807, 2.05) is 6.92 Å². The molecule has 0 radical (unpaired) electrons. The first-order valence-electron chi connectivity index (χ1n) is 4.75. The van der Waals surface area contributed by atoms with E-state index in [9.17, 15) is 4.39 Å². The molecule has 1 rings (SSSR count). The maximum absolute atomic E-state index is 12.9. The summed E-state index contributed by atoms with van der Waals surface area (Å²) in [7, 11) is 3.13. The van der Waals surface area contributed by atoms with E-state index in [1.165, 1.54) is 12.1 Å². The summed E-state index contributed by atoms with van der Waals surface area (Å²) >= 11 is 0.